The summed E-state index contributed by atoms with van der Waals surface area (Å²) in [5.74, 6) is 6.37. The number of benzene rings is 2. The minimum atomic E-state index is -0.241. The molecule has 0 spiro atoms. The smallest absolute Gasteiger partial charge is 0.123 e. The number of ether oxygens (including phenoxy) is 1. The molecule has 0 aromatic heterocycles. The van der Waals surface area contributed by atoms with Crippen molar-refractivity contribution in [3.63, 3.8) is 0 Å². The molecule has 1 unspecified atom stereocenters. The molecule has 0 saturated carbocycles. The van der Waals surface area contributed by atoms with E-state index in [0.29, 0.717) is 0 Å². The second kappa shape index (κ2) is 6.24. The van der Waals surface area contributed by atoms with E-state index in [0.717, 1.165) is 33.6 Å². The number of rotatable bonds is 4. The first-order valence-corrected chi connectivity index (χ1v) is 6.85. The molecule has 3 N–H and O–H groups in total. The summed E-state index contributed by atoms with van der Waals surface area (Å²) in [6.45, 7) is 5.89. The summed E-state index contributed by atoms with van der Waals surface area (Å²) in [5.41, 5.74) is 7.84. The highest BCUT2D eigenvalue weighted by Crippen LogP contribution is 2.31. The SMILES string of the molecule is COc1cc(C)c(C(NN)c2ccc(F)cc2C)cc1C. The van der Waals surface area contributed by atoms with Crippen LogP contribution in [0.15, 0.2) is 30.3 Å². The van der Waals surface area contributed by atoms with Crippen molar-refractivity contribution < 1.29 is 9.13 Å². The highest BCUT2D eigenvalue weighted by Gasteiger charge is 2.18. The second-order valence-corrected chi connectivity index (χ2v) is 5.28. The van der Waals surface area contributed by atoms with E-state index < -0.39 is 0 Å². The Kier molecular flexibility index (Phi) is 4.60. The first kappa shape index (κ1) is 15.5. The van der Waals surface area contributed by atoms with Gasteiger partial charge in [0.1, 0.15) is 11.6 Å². The lowest BCUT2D eigenvalue weighted by Gasteiger charge is -2.22. The minimum absolute atomic E-state index is 0.185. The fourth-order valence-corrected chi connectivity index (χ4v) is 2.65. The van der Waals surface area contributed by atoms with Crippen molar-refractivity contribution in [2.75, 3.05) is 7.11 Å². The summed E-state index contributed by atoms with van der Waals surface area (Å²) in [7, 11) is 1.66. The molecule has 0 aliphatic carbocycles. The summed E-state index contributed by atoms with van der Waals surface area (Å²) in [4.78, 5) is 0. The van der Waals surface area contributed by atoms with Crippen LogP contribution in [0.1, 0.15) is 33.9 Å². The van der Waals surface area contributed by atoms with Crippen LogP contribution >= 0.6 is 0 Å². The van der Waals surface area contributed by atoms with Gasteiger partial charge in [0.05, 0.1) is 13.2 Å². The predicted octanol–water partition coefficient (Wildman–Crippen LogP) is 3.31. The Hall–Kier alpha value is -1.91. The first-order chi connectivity index (χ1) is 9.97. The predicted molar refractivity (Wildman–Crippen MR) is 82.8 cm³/mol. The molecule has 0 bridgehead atoms. The highest BCUT2D eigenvalue weighted by atomic mass is 19.1. The van der Waals surface area contributed by atoms with Crippen LogP contribution in [-0.2, 0) is 0 Å². The maximum Gasteiger partial charge on any atom is 0.123 e. The van der Waals surface area contributed by atoms with Gasteiger partial charge in [-0.3, -0.25) is 5.84 Å². The van der Waals surface area contributed by atoms with Crippen molar-refractivity contribution >= 4 is 0 Å². The maximum absolute atomic E-state index is 13.3. The van der Waals surface area contributed by atoms with Gasteiger partial charge >= 0.3 is 0 Å². The van der Waals surface area contributed by atoms with Gasteiger partial charge in [-0.25, -0.2) is 9.82 Å². The molecule has 2 aromatic rings. The van der Waals surface area contributed by atoms with Gasteiger partial charge in [-0.15, -0.1) is 0 Å². The van der Waals surface area contributed by atoms with E-state index in [2.05, 4.69) is 11.5 Å². The summed E-state index contributed by atoms with van der Waals surface area (Å²) in [5, 5.41) is 0. The van der Waals surface area contributed by atoms with E-state index in [1.54, 1.807) is 13.2 Å². The minimum Gasteiger partial charge on any atom is -0.496 e. The summed E-state index contributed by atoms with van der Waals surface area (Å²) >= 11 is 0. The van der Waals surface area contributed by atoms with Crippen molar-refractivity contribution in [1.29, 1.82) is 0 Å². The molecule has 2 rings (SSSR count). The summed E-state index contributed by atoms with van der Waals surface area (Å²) < 4.78 is 18.6. The number of nitrogens with two attached hydrogens (primary N) is 1. The van der Waals surface area contributed by atoms with Gasteiger partial charge in [-0.1, -0.05) is 12.1 Å². The zero-order valence-electron chi connectivity index (χ0n) is 12.8. The van der Waals surface area contributed by atoms with Crippen LogP contribution in [0.3, 0.4) is 0 Å². The number of nitrogens with one attached hydrogen (secondary N) is 1. The third-order valence-electron chi connectivity index (χ3n) is 3.80. The Morgan fingerprint density at radius 1 is 1.00 bits per heavy atom. The number of hydrogen-bond donors (Lipinski definition) is 2. The number of aryl methyl sites for hydroxylation is 3. The van der Waals surface area contributed by atoms with Crippen molar-refractivity contribution in [2.24, 2.45) is 5.84 Å². The van der Waals surface area contributed by atoms with E-state index in [9.17, 15) is 4.39 Å². The van der Waals surface area contributed by atoms with Gasteiger partial charge in [-0.05, 0) is 66.8 Å². The third kappa shape index (κ3) is 3.06. The quantitative estimate of drug-likeness (QED) is 0.670. The molecule has 21 heavy (non-hydrogen) atoms. The van der Waals surface area contributed by atoms with Crippen LogP contribution in [0.5, 0.6) is 5.75 Å². The zero-order chi connectivity index (χ0) is 15.6. The molecule has 0 fully saturated rings. The molecule has 0 amide bonds. The highest BCUT2D eigenvalue weighted by molar-refractivity contribution is 5.47. The zero-order valence-corrected chi connectivity index (χ0v) is 12.8. The van der Waals surface area contributed by atoms with Gasteiger partial charge in [0.25, 0.3) is 0 Å². The van der Waals surface area contributed by atoms with Gasteiger partial charge in [-0.2, -0.15) is 0 Å². The number of halogens is 1. The van der Waals surface area contributed by atoms with Gasteiger partial charge in [0.2, 0.25) is 0 Å². The third-order valence-corrected chi connectivity index (χ3v) is 3.80. The average Bonchev–Trinajstić information content (AvgIpc) is 2.45. The van der Waals surface area contributed by atoms with Crippen LogP contribution in [0.25, 0.3) is 0 Å². The summed E-state index contributed by atoms with van der Waals surface area (Å²) in [6, 6.07) is 8.61. The van der Waals surface area contributed by atoms with E-state index in [4.69, 9.17) is 10.6 Å². The molecule has 4 heteroatoms. The van der Waals surface area contributed by atoms with E-state index in [1.807, 2.05) is 26.8 Å². The van der Waals surface area contributed by atoms with Gasteiger partial charge in [0, 0.05) is 0 Å². The summed E-state index contributed by atoms with van der Waals surface area (Å²) in [6.07, 6.45) is 0. The Bertz CT molecular complexity index is 655. The van der Waals surface area contributed by atoms with E-state index in [1.165, 1.54) is 12.1 Å². The molecule has 0 aliphatic rings. The van der Waals surface area contributed by atoms with Gasteiger partial charge in [0.15, 0.2) is 0 Å². The average molecular weight is 288 g/mol. The first-order valence-electron chi connectivity index (χ1n) is 6.85. The molecule has 0 saturated heterocycles. The lowest BCUT2D eigenvalue weighted by Crippen LogP contribution is -2.30. The van der Waals surface area contributed by atoms with Crippen LogP contribution in [0.2, 0.25) is 0 Å². The molecule has 0 heterocycles. The molecular weight excluding hydrogens is 267 g/mol. The van der Waals surface area contributed by atoms with Crippen molar-refractivity contribution in [3.05, 3.63) is 64.0 Å². The van der Waals surface area contributed by atoms with Crippen LogP contribution in [0.4, 0.5) is 4.39 Å². The Balaban J connectivity index is 2.53. The van der Waals surface area contributed by atoms with Crippen molar-refractivity contribution in [3.8, 4) is 5.75 Å². The van der Waals surface area contributed by atoms with Crippen molar-refractivity contribution in [2.45, 2.75) is 26.8 Å². The largest absolute Gasteiger partial charge is 0.496 e. The Morgan fingerprint density at radius 3 is 2.24 bits per heavy atom. The monoisotopic (exact) mass is 288 g/mol. The number of methoxy groups -OCH3 is 1. The maximum atomic E-state index is 13.3. The van der Waals surface area contributed by atoms with Crippen LogP contribution < -0.4 is 16.0 Å². The molecule has 2 aromatic carbocycles. The Morgan fingerprint density at radius 2 is 1.67 bits per heavy atom. The molecule has 1 atom stereocenters. The topological polar surface area (TPSA) is 47.3 Å². The lowest BCUT2D eigenvalue weighted by atomic mass is 9.91. The van der Waals surface area contributed by atoms with Crippen LogP contribution in [-0.4, -0.2) is 7.11 Å². The fourth-order valence-electron chi connectivity index (χ4n) is 2.65. The normalized spacial score (nSPS) is 12.3. The van der Waals surface area contributed by atoms with Crippen molar-refractivity contribution in [1.82, 2.24) is 5.43 Å². The standard InChI is InChI=1S/C17H21FN2O/c1-10-7-13(18)5-6-14(10)17(20-19)15-8-12(3)16(21-4)9-11(15)2/h5-9,17,20H,19H2,1-4H3. The lowest BCUT2D eigenvalue weighted by molar-refractivity contribution is 0.411. The number of hydrazine groups is 1. The number of hydrogen-bond acceptors (Lipinski definition) is 3. The fraction of sp³-hybridized carbons (Fsp3) is 0.294. The van der Waals surface area contributed by atoms with E-state index in [-0.39, 0.29) is 11.9 Å². The molecule has 112 valence electrons. The molecule has 0 aliphatic heterocycles. The van der Waals surface area contributed by atoms with E-state index >= 15 is 0 Å². The molecule has 3 nitrogen and oxygen atoms in total. The molecular formula is C17H21FN2O. The van der Waals surface area contributed by atoms with Gasteiger partial charge < -0.3 is 4.74 Å². The molecule has 0 radical (unpaired) electrons. The second-order valence-electron chi connectivity index (χ2n) is 5.28. The Labute approximate surface area is 124 Å². The van der Waals surface area contributed by atoms with Crippen LogP contribution in [0, 0.1) is 26.6 Å².